The van der Waals surface area contributed by atoms with Gasteiger partial charge in [0.25, 0.3) is 0 Å². The minimum Gasteiger partial charge on any atom is -0.0645 e. The maximum atomic E-state index is 2.46. The summed E-state index contributed by atoms with van der Waals surface area (Å²) in [6.07, 6.45) is 11.8. The fourth-order valence-electron chi connectivity index (χ4n) is 8.05. The molecule has 3 rings (SSSR count). The Hall–Kier alpha value is -1.56. The molecule has 0 N–H and O–H groups in total. The Bertz CT molecular complexity index is 858. The van der Waals surface area contributed by atoms with Gasteiger partial charge in [0.2, 0.25) is 0 Å². The third-order valence-corrected chi connectivity index (χ3v) is 9.11. The molecule has 0 amide bonds. The van der Waals surface area contributed by atoms with Crippen LogP contribution in [-0.4, -0.2) is 0 Å². The van der Waals surface area contributed by atoms with Crippen molar-refractivity contribution in [2.75, 3.05) is 0 Å². The number of benzene rings is 2. The van der Waals surface area contributed by atoms with Crippen molar-refractivity contribution in [1.29, 1.82) is 0 Å². The monoisotopic (exact) mass is 460 g/mol. The van der Waals surface area contributed by atoms with Crippen LogP contribution >= 0.6 is 0 Å². The molecule has 188 valence electrons. The van der Waals surface area contributed by atoms with Gasteiger partial charge >= 0.3 is 0 Å². The molecule has 0 bridgehead atoms. The van der Waals surface area contributed by atoms with Crippen LogP contribution in [0.25, 0.3) is 0 Å². The predicted octanol–water partition coefficient (Wildman–Crippen LogP) is 9.58. The molecule has 1 aliphatic rings. The van der Waals surface area contributed by atoms with E-state index in [2.05, 4.69) is 69.2 Å². The molecule has 0 unspecified atom stereocenters. The van der Waals surface area contributed by atoms with Crippen LogP contribution in [0.2, 0.25) is 0 Å². The lowest BCUT2D eigenvalue weighted by Crippen LogP contribution is -2.28. The van der Waals surface area contributed by atoms with Crippen molar-refractivity contribution < 1.29 is 0 Å². The second-order valence-electron chi connectivity index (χ2n) is 10.2. The molecule has 0 radical (unpaired) electrons. The normalized spacial score (nSPS) is 17.1. The highest BCUT2D eigenvalue weighted by Crippen LogP contribution is 2.54. The van der Waals surface area contributed by atoms with E-state index >= 15 is 0 Å². The fourth-order valence-corrected chi connectivity index (χ4v) is 8.05. The second kappa shape index (κ2) is 11.5. The lowest BCUT2D eigenvalue weighted by Gasteiger charge is -2.42. The number of rotatable bonds is 10. The highest BCUT2D eigenvalue weighted by molar-refractivity contribution is 5.67. The SMILES string of the molecule is CCc1c(CC)c(CC)c2c(c1CC)C(CC)c1c(CC)c(CC)c(CC)c(CC)c1C2CC. The Labute approximate surface area is 212 Å². The van der Waals surface area contributed by atoms with Crippen molar-refractivity contribution >= 4 is 0 Å². The number of fused-ring (bicyclic) bond motifs is 2. The van der Waals surface area contributed by atoms with Crippen LogP contribution in [0.3, 0.4) is 0 Å². The van der Waals surface area contributed by atoms with E-state index in [0.717, 1.165) is 0 Å². The van der Waals surface area contributed by atoms with E-state index in [1.54, 1.807) is 66.8 Å². The smallest absolute Gasteiger partial charge is 0.00985 e. The Balaban J connectivity index is 2.64. The first kappa shape index (κ1) is 27.0. The van der Waals surface area contributed by atoms with Crippen molar-refractivity contribution in [1.82, 2.24) is 0 Å². The van der Waals surface area contributed by atoms with Gasteiger partial charge in [-0.3, -0.25) is 0 Å². The maximum Gasteiger partial charge on any atom is 0.00985 e. The van der Waals surface area contributed by atoms with Gasteiger partial charge in [-0.2, -0.15) is 0 Å². The summed E-state index contributed by atoms with van der Waals surface area (Å²) >= 11 is 0. The lowest BCUT2D eigenvalue weighted by molar-refractivity contribution is 0.629. The van der Waals surface area contributed by atoms with Gasteiger partial charge in [0.05, 0.1) is 0 Å². The summed E-state index contributed by atoms with van der Waals surface area (Å²) in [5, 5.41) is 0. The van der Waals surface area contributed by atoms with E-state index in [0.29, 0.717) is 11.8 Å². The first-order valence-electron chi connectivity index (χ1n) is 14.9. The summed E-state index contributed by atoms with van der Waals surface area (Å²) in [5.74, 6) is 1.11. The molecule has 2 aromatic rings. The molecule has 0 saturated heterocycles. The zero-order valence-corrected chi connectivity index (χ0v) is 24.2. The van der Waals surface area contributed by atoms with Crippen LogP contribution < -0.4 is 0 Å². The van der Waals surface area contributed by atoms with Gasteiger partial charge in [-0.1, -0.05) is 69.2 Å². The Kier molecular flexibility index (Phi) is 9.10. The van der Waals surface area contributed by atoms with Crippen molar-refractivity contribution in [3.05, 3.63) is 66.8 Å². The number of hydrogen-bond acceptors (Lipinski definition) is 0. The van der Waals surface area contributed by atoms with Crippen molar-refractivity contribution in [2.45, 2.75) is 145 Å². The molecular formula is C34H52. The molecule has 0 aliphatic heterocycles. The van der Waals surface area contributed by atoms with E-state index < -0.39 is 0 Å². The Morgan fingerprint density at radius 1 is 0.294 bits per heavy atom. The van der Waals surface area contributed by atoms with Crippen LogP contribution in [0.5, 0.6) is 0 Å². The summed E-state index contributed by atoms with van der Waals surface area (Å²) in [6, 6.07) is 0. The molecule has 0 heterocycles. The quantitative estimate of drug-likeness (QED) is 0.331. The summed E-state index contributed by atoms with van der Waals surface area (Å²) in [5.41, 5.74) is 20.6. The highest BCUT2D eigenvalue weighted by atomic mass is 14.4. The van der Waals surface area contributed by atoms with Crippen LogP contribution in [-0.2, 0) is 51.4 Å². The molecule has 0 fully saturated rings. The highest BCUT2D eigenvalue weighted by Gasteiger charge is 2.39. The third kappa shape index (κ3) is 3.88. The average Bonchev–Trinajstić information content (AvgIpc) is 2.88. The van der Waals surface area contributed by atoms with E-state index in [4.69, 9.17) is 0 Å². The molecule has 0 aromatic heterocycles. The first-order valence-corrected chi connectivity index (χ1v) is 14.9. The summed E-state index contributed by atoms with van der Waals surface area (Å²) in [6.45, 7) is 24.1. The van der Waals surface area contributed by atoms with Crippen molar-refractivity contribution in [3.8, 4) is 0 Å². The number of hydrogen-bond donors (Lipinski definition) is 0. The Morgan fingerprint density at radius 2 is 0.471 bits per heavy atom. The van der Waals surface area contributed by atoms with Crippen LogP contribution in [0.1, 0.15) is 161 Å². The maximum absolute atomic E-state index is 2.46. The predicted molar refractivity (Wildman–Crippen MR) is 152 cm³/mol. The summed E-state index contributed by atoms with van der Waals surface area (Å²) < 4.78 is 0. The zero-order valence-electron chi connectivity index (χ0n) is 24.2. The standard InChI is InChI=1S/C34H52/c1-11-21-22(12-2)26(16-6)32-30(20-10)34-28(18-8)24(14-4)23(13-3)27(17-7)33(34)29(19-9)31(32)25(21)15-5/h29-30H,11-20H2,1-10H3. The van der Waals surface area contributed by atoms with Crippen LogP contribution in [0, 0.1) is 0 Å². The van der Waals surface area contributed by atoms with Gasteiger partial charge in [0.1, 0.15) is 0 Å². The van der Waals surface area contributed by atoms with Gasteiger partial charge in [0.15, 0.2) is 0 Å². The Morgan fingerprint density at radius 3 is 0.588 bits per heavy atom. The minimum atomic E-state index is 0.556. The van der Waals surface area contributed by atoms with Crippen LogP contribution in [0.4, 0.5) is 0 Å². The van der Waals surface area contributed by atoms with Gasteiger partial charge in [-0.05, 0) is 131 Å². The molecule has 0 spiro atoms. The summed E-state index contributed by atoms with van der Waals surface area (Å²) in [4.78, 5) is 0. The molecule has 0 nitrogen and oxygen atoms in total. The molecule has 0 atom stereocenters. The lowest BCUT2D eigenvalue weighted by atomic mass is 9.62. The van der Waals surface area contributed by atoms with E-state index in [1.165, 1.54) is 64.2 Å². The fraction of sp³-hybridized carbons (Fsp3) is 0.647. The van der Waals surface area contributed by atoms with E-state index in [-0.39, 0.29) is 0 Å². The zero-order chi connectivity index (χ0) is 25.2. The first-order chi connectivity index (χ1) is 16.5. The third-order valence-electron chi connectivity index (χ3n) is 9.11. The van der Waals surface area contributed by atoms with Gasteiger partial charge in [-0.15, -0.1) is 0 Å². The second-order valence-corrected chi connectivity index (χ2v) is 10.2. The largest absolute Gasteiger partial charge is 0.0645 e. The molecular weight excluding hydrogens is 408 g/mol. The molecule has 0 heteroatoms. The average molecular weight is 461 g/mol. The van der Waals surface area contributed by atoms with Crippen molar-refractivity contribution in [3.63, 3.8) is 0 Å². The van der Waals surface area contributed by atoms with E-state index in [1.807, 2.05) is 0 Å². The molecule has 1 aliphatic carbocycles. The summed E-state index contributed by atoms with van der Waals surface area (Å²) in [7, 11) is 0. The topological polar surface area (TPSA) is 0 Å². The minimum absolute atomic E-state index is 0.556. The van der Waals surface area contributed by atoms with Gasteiger partial charge < -0.3 is 0 Å². The van der Waals surface area contributed by atoms with Crippen LogP contribution in [0.15, 0.2) is 0 Å². The van der Waals surface area contributed by atoms with Crippen molar-refractivity contribution in [2.24, 2.45) is 0 Å². The van der Waals surface area contributed by atoms with E-state index in [9.17, 15) is 0 Å². The van der Waals surface area contributed by atoms with Gasteiger partial charge in [-0.25, -0.2) is 0 Å². The molecule has 34 heavy (non-hydrogen) atoms. The molecule has 2 aromatic carbocycles. The van der Waals surface area contributed by atoms with Gasteiger partial charge in [0, 0.05) is 11.8 Å². The molecule has 0 saturated carbocycles.